The van der Waals surface area contributed by atoms with Gasteiger partial charge in [0.25, 0.3) is 11.8 Å². The summed E-state index contributed by atoms with van der Waals surface area (Å²) < 4.78 is 10.3. The van der Waals surface area contributed by atoms with Crippen LogP contribution in [0, 0.1) is 0 Å². The van der Waals surface area contributed by atoms with E-state index in [0.29, 0.717) is 29.4 Å². The van der Waals surface area contributed by atoms with E-state index < -0.39 is 5.91 Å². The third kappa shape index (κ3) is 4.57. The summed E-state index contributed by atoms with van der Waals surface area (Å²) in [6.07, 6.45) is 0. The maximum atomic E-state index is 11.9. The van der Waals surface area contributed by atoms with E-state index in [1.165, 1.54) is 11.3 Å². The number of nitrogens with one attached hydrogen (secondary N) is 2. The molecule has 0 aliphatic heterocycles. The summed E-state index contributed by atoms with van der Waals surface area (Å²) in [6.45, 7) is 0.940. The number of benzene rings is 1. The maximum Gasteiger partial charge on any atom is 0.279 e. The molecule has 0 aliphatic rings. The minimum Gasteiger partial charge on any atom is -0.491 e. The van der Waals surface area contributed by atoms with Gasteiger partial charge in [-0.2, -0.15) is 0 Å². The quantitative estimate of drug-likeness (QED) is 0.629. The van der Waals surface area contributed by atoms with Gasteiger partial charge in [-0.1, -0.05) is 6.07 Å². The van der Waals surface area contributed by atoms with Gasteiger partial charge >= 0.3 is 0 Å². The zero-order chi connectivity index (χ0) is 15.8. The van der Waals surface area contributed by atoms with E-state index in [2.05, 4.69) is 10.9 Å². The molecule has 0 radical (unpaired) electrons. The standard InChI is InChI=1S/C15H16N2O4S/c1-20-8-9-21-12-6-4-11(5-7-12)14(18)16-17-15(19)13-3-2-10-22-13/h2-7,10H,8-9H2,1H3,(H,16,18)(H,17,19). The Kier molecular flexibility index (Phi) is 5.93. The first-order chi connectivity index (χ1) is 10.7. The highest BCUT2D eigenvalue weighted by Crippen LogP contribution is 2.12. The van der Waals surface area contributed by atoms with Gasteiger partial charge < -0.3 is 9.47 Å². The SMILES string of the molecule is COCCOc1ccc(C(=O)NNC(=O)c2cccs2)cc1. The van der Waals surface area contributed by atoms with E-state index in [1.54, 1.807) is 48.9 Å². The minimum absolute atomic E-state index is 0.345. The molecule has 1 aromatic heterocycles. The smallest absolute Gasteiger partial charge is 0.279 e. The summed E-state index contributed by atoms with van der Waals surface area (Å²) in [7, 11) is 1.60. The Morgan fingerprint density at radius 3 is 2.41 bits per heavy atom. The molecule has 1 aromatic carbocycles. The molecule has 0 fully saturated rings. The van der Waals surface area contributed by atoms with Gasteiger partial charge in [-0.05, 0) is 35.7 Å². The van der Waals surface area contributed by atoms with Gasteiger partial charge in [0.1, 0.15) is 12.4 Å². The van der Waals surface area contributed by atoms with E-state index in [4.69, 9.17) is 9.47 Å². The Hall–Kier alpha value is -2.38. The number of ether oxygens (including phenoxy) is 2. The van der Waals surface area contributed by atoms with Crippen molar-refractivity contribution in [1.29, 1.82) is 0 Å². The average molecular weight is 320 g/mol. The molecule has 0 saturated heterocycles. The lowest BCUT2D eigenvalue weighted by atomic mass is 10.2. The lowest BCUT2D eigenvalue weighted by molar-refractivity contribution is 0.0849. The predicted molar refractivity (Wildman–Crippen MR) is 83.1 cm³/mol. The highest BCUT2D eigenvalue weighted by atomic mass is 32.1. The lowest BCUT2D eigenvalue weighted by Gasteiger charge is -2.08. The Morgan fingerprint density at radius 2 is 1.77 bits per heavy atom. The molecule has 2 amide bonds. The summed E-state index contributed by atoms with van der Waals surface area (Å²) in [4.78, 5) is 24.1. The van der Waals surface area contributed by atoms with Crippen LogP contribution >= 0.6 is 11.3 Å². The normalized spacial score (nSPS) is 10.0. The molecule has 116 valence electrons. The third-order valence-corrected chi connectivity index (χ3v) is 3.58. The van der Waals surface area contributed by atoms with Crippen molar-refractivity contribution in [1.82, 2.24) is 10.9 Å². The topological polar surface area (TPSA) is 76.7 Å². The number of thiophene rings is 1. The van der Waals surface area contributed by atoms with Crippen LogP contribution in [0.2, 0.25) is 0 Å². The number of rotatable bonds is 6. The largest absolute Gasteiger partial charge is 0.491 e. The van der Waals surface area contributed by atoms with E-state index in [-0.39, 0.29) is 5.91 Å². The van der Waals surface area contributed by atoms with Crippen LogP contribution in [0.5, 0.6) is 5.75 Å². The molecule has 1 heterocycles. The van der Waals surface area contributed by atoms with Gasteiger partial charge in [0.15, 0.2) is 0 Å². The van der Waals surface area contributed by atoms with Crippen molar-refractivity contribution in [2.45, 2.75) is 0 Å². The molecule has 2 aromatic rings. The van der Waals surface area contributed by atoms with Crippen molar-refractivity contribution in [3.05, 3.63) is 52.2 Å². The van der Waals surface area contributed by atoms with Gasteiger partial charge in [0.05, 0.1) is 11.5 Å². The van der Waals surface area contributed by atoms with Gasteiger partial charge in [-0.3, -0.25) is 20.4 Å². The fourth-order valence-electron chi connectivity index (χ4n) is 1.60. The Balaban J connectivity index is 1.83. The number of hydrogen-bond donors (Lipinski definition) is 2. The van der Waals surface area contributed by atoms with Crippen LogP contribution in [0.4, 0.5) is 0 Å². The monoisotopic (exact) mass is 320 g/mol. The highest BCUT2D eigenvalue weighted by Gasteiger charge is 2.09. The van der Waals surface area contributed by atoms with Gasteiger partial charge in [0, 0.05) is 12.7 Å². The lowest BCUT2D eigenvalue weighted by Crippen LogP contribution is -2.41. The average Bonchev–Trinajstić information content (AvgIpc) is 3.08. The second-order valence-corrected chi connectivity index (χ2v) is 5.20. The summed E-state index contributed by atoms with van der Waals surface area (Å²) in [5.41, 5.74) is 5.15. The van der Waals surface area contributed by atoms with Crippen LogP contribution in [-0.2, 0) is 4.74 Å². The molecule has 7 heteroatoms. The first-order valence-corrected chi connectivity index (χ1v) is 7.44. The number of hydrazine groups is 1. The summed E-state index contributed by atoms with van der Waals surface area (Å²) >= 11 is 1.30. The maximum absolute atomic E-state index is 11.9. The fraction of sp³-hybridized carbons (Fsp3) is 0.200. The van der Waals surface area contributed by atoms with Crippen molar-refractivity contribution in [2.24, 2.45) is 0 Å². The minimum atomic E-state index is -0.395. The van der Waals surface area contributed by atoms with Crippen molar-refractivity contribution >= 4 is 23.2 Å². The molecular formula is C15H16N2O4S. The fourth-order valence-corrected chi connectivity index (χ4v) is 2.22. The Labute approximate surface area is 132 Å². The molecular weight excluding hydrogens is 304 g/mol. The molecule has 2 N–H and O–H groups in total. The summed E-state index contributed by atoms with van der Waals surface area (Å²) in [5.74, 6) is -0.0903. The van der Waals surface area contributed by atoms with Gasteiger partial charge in [-0.25, -0.2) is 0 Å². The second kappa shape index (κ2) is 8.16. The molecule has 2 rings (SSSR count). The van der Waals surface area contributed by atoms with Crippen LogP contribution in [0.1, 0.15) is 20.0 Å². The molecule has 0 bridgehead atoms. The number of carbonyl (C=O) groups is 2. The van der Waals surface area contributed by atoms with Crippen LogP contribution in [-0.4, -0.2) is 32.1 Å². The van der Waals surface area contributed by atoms with Crippen molar-refractivity contribution < 1.29 is 19.1 Å². The zero-order valence-corrected chi connectivity index (χ0v) is 12.8. The molecule has 0 atom stereocenters. The van der Waals surface area contributed by atoms with E-state index >= 15 is 0 Å². The zero-order valence-electron chi connectivity index (χ0n) is 12.0. The predicted octanol–water partition coefficient (Wildman–Crippen LogP) is 1.85. The van der Waals surface area contributed by atoms with E-state index in [9.17, 15) is 9.59 Å². The summed E-state index contributed by atoms with van der Waals surface area (Å²) in [6, 6.07) is 10.1. The number of hydrogen-bond acceptors (Lipinski definition) is 5. The second-order valence-electron chi connectivity index (χ2n) is 4.25. The molecule has 22 heavy (non-hydrogen) atoms. The number of amides is 2. The van der Waals surface area contributed by atoms with Gasteiger partial charge in [0.2, 0.25) is 0 Å². The van der Waals surface area contributed by atoms with E-state index in [1.807, 2.05) is 0 Å². The van der Waals surface area contributed by atoms with Crippen molar-refractivity contribution in [3.63, 3.8) is 0 Å². The Morgan fingerprint density at radius 1 is 1.05 bits per heavy atom. The van der Waals surface area contributed by atoms with Crippen LogP contribution in [0.3, 0.4) is 0 Å². The van der Waals surface area contributed by atoms with Crippen LogP contribution < -0.4 is 15.6 Å². The molecule has 0 saturated carbocycles. The molecule has 6 nitrogen and oxygen atoms in total. The van der Waals surface area contributed by atoms with Crippen molar-refractivity contribution in [3.8, 4) is 5.75 Å². The molecule has 0 spiro atoms. The first kappa shape index (κ1) is 16.0. The third-order valence-electron chi connectivity index (χ3n) is 2.71. The first-order valence-electron chi connectivity index (χ1n) is 6.56. The van der Waals surface area contributed by atoms with Crippen molar-refractivity contribution in [2.75, 3.05) is 20.3 Å². The number of carbonyl (C=O) groups excluding carboxylic acids is 2. The van der Waals surface area contributed by atoms with Gasteiger partial charge in [-0.15, -0.1) is 11.3 Å². The molecule has 0 aliphatic carbocycles. The van der Waals surface area contributed by atoms with Crippen LogP contribution in [0.25, 0.3) is 0 Å². The summed E-state index contributed by atoms with van der Waals surface area (Å²) in [5, 5.41) is 1.79. The molecule has 0 unspecified atom stereocenters. The highest BCUT2D eigenvalue weighted by molar-refractivity contribution is 7.12. The number of methoxy groups -OCH3 is 1. The van der Waals surface area contributed by atoms with Crippen LogP contribution in [0.15, 0.2) is 41.8 Å². The Bertz CT molecular complexity index is 611. The van der Waals surface area contributed by atoms with E-state index in [0.717, 1.165) is 0 Å².